The molecule has 1 aromatic carbocycles. The molecule has 2 atom stereocenters. The van der Waals surface area contributed by atoms with Crippen LogP contribution in [-0.2, 0) is 14.6 Å². The number of fused-ring (bicyclic) bond motifs is 1. The Morgan fingerprint density at radius 2 is 2.17 bits per heavy atom. The van der Waals surface area contributed by atoms with Crippen molar-refractivity contribution in [1.29, 1.82) is 5.26 Å². The summed E-state index contributed by atoms with van der Waals surface area (Å²) in [4.78, 5) is 16.8. The summed E-state index contributed by atoms with van der Waals surface area (Å²) in [6.07, 6.45) is -0.433. The molecule has 3 rings (SSSR count). The van der Waals surface area contributed by atoms with E-state index in [-0.39, 0.29) is 22.4 Å². The average molecular weight is 371 g/mol. The second-order valence-electron chi connectivity index (χ2n) is 5.39. The van der Waals surface area contributed by atoms with Gasteiger partial charge in [0.15, 0.2) is 15.0 Å². The fourth-order valence-electron chi connectivity index (χ4n) is 2.74. The largest absolute Gasteiger partial charge is 0.313 e. The lowest BCUT2D eigenvalue weighted by atomic mass is 10.2. The van der Waals surface area contributed by atoms with Crippen LogP contribution in [0.4, 0.5) is 14.5 Å². The Labute approximate surface area is 141 Å². The number of amidine groups is 1. The molecule has 2 saturated heterocycles. The first-order valence-corrected chi connectivity index (χ1v) is 9.60. The number of halogens is 2. The maximum absolute atomic E-state index is 14.2. The molecule has 1 aromatic rings. The molecular formula is C14H11F2N3O3S2. The molecule has 0 aromatic heterocycles. The summed E-state index contributed by atoms with van der Waals surface area (Å²) in [5.41, 5.74) is -0.0444. The minimum absolute atomic E-state index is 0.0444. The predicted octanol–water partition coefficient (Wildman–Crippen LogP) is 1.48. The molecule has 6 nitrogen and oxygen atoms in total. The van der Waals surface area contributed by atoms with E-state index in [0.717, 1.165) is 17.8 Å². The zero-order valence-corrected chi connectivity index (χ0v) is 13.8. The highest BCUT2D eigenvalue weighted by Gasteiger charge is 2.50. The van der Waals surface area contributed by atoms with Crippen molar-refractivity contribution in [3.8, 4) is 6.07 Å². The third kappa shape index (κ3) is 3.14. The van der Waals surface area contributed by atoms with Crippen LogP contribution in [0.25, 0.3) is 0 Å². The summed E-state index contributed by atoms with van der Waals surface area (Å²) < 4.78 is 51.0. The van der Waals surface area contributed by atoms with Gasteiger partial charge in [0.05, 0.1) is 29.3 Å². The van der Waals surface area contributed by atoms with Crippen LogP contribution in [0.2, 0.25) is 0 Å². The Morgan fingerprint density at radius 1 is 1.42 bits per heavy atom. The predicted molar refractivity (Wildman–Crippen MR) is 85.3 cm³/mol. The zero-order chi connectivity index (χ0) is 17.5. The standard InChI is InChI=1S/C14H11F2N3O3S2/c15-8-1-2-10(9(16)5-8)19-11-6-24(21,22)7-12(11)23-14(19)18-13(20)3-4-17/h1-2,5,11-12H,3,6-7H2/t11-,12+/m0/s1. The molecule has 0 spiro atoms. The van der Waals surface area contributed by atoms with E-state index in [0.29, 0.717) is 6.07 Å². The van der Waals surface area contributed by atoms with Crippen LogP contribution in [0.1, 0.15) is 6.42 Å². The number of aliphatic imine (C=N–C) groups is 1. The molecule has 1 amide bonds. The summed E-state index contributed by atoms with van der Waals surface area (Å²) in [7, 11) is -3.28. The molecule has 2 aliphatic rings. The van der Waals surface area contributed by atoms with Gasteiger partial charge in [0.2, 0.25) is 0 Å². The van der Waals surface area contributed by atoms with E-state index < -0.39 is 45.1 Å². The van der Waals surface area contributed by atoms with Crippen molar-refractivity contribution in [2.45, 2.75) is 17.7 Å². The number of hydrogen-bond donors (Lipinski definition) is 0. The van der Waals surface area contributed by atoms with Crippen LogP contribution in [0.15, 0.2) is 23.2 Å². The number of benzene rings is 1. The molecule has 0 unspecified atom stereocenters. The quantitative estimate of drug-likeness (QED) is 0.782. The first kappa shape index (κ1) is 16.9. The van der Waals surface area contributed by atoms with E-state index in [4.69, 9.17) is 5.26 Å². The Balaban J connectivity index is 2.05. The average Bonchev–Trinajstić information content (AvgIpc) is 2.91. The monoisotopic (exact) mass is 371 g/mol. The molecule has 0 aliphatic carbocycles. The van der Waals surface area contributed by atoms with E-state index in [1.165, 1.54) is 11.0 Å². The Hall–Kier alpha value is -1.99. The number of carbonyl (C=O) groups is 1. The van der Waals surface area contributed by atoms with Gasteiger partial charge < -0.3 is 4.90 Å². The number of amides is 1. The van der Waals surface area contributed by atoms with Crippen LogP contribution >= 0.6 is 11.8 Å². The van der Waals surface area contributed by atoms with Crippen LogP contribution < -0.4 is 4.90 Å². The number of thioether (sulfide) groups is 1. The topological polar surface area (TPSA) is 90.6 Å². The Bertz CT molecular complexity index is 880. The lowest BCUT2D eigenvalue weighted by Crippen LogP contribution is -2.38. The molecular weight excluding hydrogens is 360 g/mol. The number of nitrogens with zero attached hydrogens (tertiary/aromatic N) is 3. The third-order valence-electron chi connectivity index (χ3n) is 3.69. The van der Waals surface area contributed by atoms with Gasteiger partial charge in [-0.25, -0.2) is 17.2 Å². The molecule has 10 heteroatoms. The lowest BCUT2D eigenvalue weighted by molar-refractivity contribution is -0.116. The van der Waals surface area contributed by atoms with Gasteiger partial charge >= 0.3 is 0 Å². The van der Waals surface area contributed by atoms with Gasteiger partial charge in [0, 0.05) is 11.3 Å². The molecule has 2 aliphatic heterocycles. The fourth-order valence-corrected chi connectivity index (χ4v) is 6.66. The summed E-state index contributed by atoms with van der Waals surface area (Å²) in [5.74, 6) is -2.64. The van der Waals surface area contributed by atoms with Gasteiger partial charge in [-0.05, 0) is 12.1 Å². The highest BCUT2D eigenvalue weighted by Crippen LogP contribution is 2.41. The van der Waals surface area contributed by atoms with Gasteiger partial charge in [0.25, 0.3) is 5.91 Å². The Morgan fingerprint density at radius 3 is 2.83 bits per heavy atom. The first-order chi connectivity index (χ1) is 11.3. The van der Waals surface area contributed by atoms with Crippen LogP contribution in [0.5, 0.6) is 0 Å². The van der Waals surface area contributed by atoms with Gasteiger partial charge in [-0.3, -0.25) is 4.79 Å². The molecule has 0 radical (unpaired) electrons. The first-order valence-electron chi connectivity index (χ1n) is 6.90. The maximum Gasteiger partial charge on any atom is 0.262 e. The zero-order valence-electron chi connectivity index (χ0n) is 12.1. The number of hydrogen-bond acceptors (Lipinski definition) is 5. The summed E-state index contributed by atoms with van der Waals surface area (Å²) >= 11 is 1.06. The minimum Gasteiger partial charge on any atom is -0.313 e. The molecule has 0 bridgehead atoms. The van der Waals surface area contributed by atoms with Gasteiger partial charge in [-0.1, -0.05) is 11.8 Å². The Kier molecular flexibility index (Phi) is 4.31. The molecule has 2 fully saturated rings. The van der Waals surface area contributed by atoms with Crippen LogP contribution in [0, 0.1) is 23.0 Å². The molecule has 2 heterocycles. The number of carbonyl (C=O) groups excluding carboxylic acids is 1. The van der Waals surface area contributed by atoms with Crippen molar-refractivity contribution < 1.29 is 22.0 Å². The fraction of sp³-hybridized carbons (Fsp3) is 0.357. The summed E-state index contributed by atoms with van der Waals surface area (Å²) in [6, 6.07) is 4.00. The van der Waals surface area contributed by atoms with E-state index >= 15 is 0 Å². The van der Waals surface area contributed by atoms with E-state index in [1.807, 2.05) is 0 Å². The third-order valence-corrected chi connectivity index (χ3v) is 6.90. The smallest absolute Gasteiger partial charge is 0.262 e. The van der Waals surface area contributed by atoms with E-state index in [9.17, 15) is 22.0 Å². The minimum atomic E-state index is -3.28. The van der Waals surface area contributed by atoms with Crippen molar-refractivity contribution in [1.82, 2.24) is 0 Å². The van der Waals surface area contributed by atoms with E-state index in [1.54, 1.807) is 6.07 Å². The number of rotatable bonds is 2. The number of anilines is 1. The van der Waals surface area contributed by atoms with Gasteiger partial charge in [0.1, 0.15) is 18.1 Å². The van der Waals surface area contributed by atoms with Crippen molar-refractivity contribution in [2.24, 2.45) is 4.99 Å². The molecule has 0 saturated carbocycles. The highest BCUT2D eigenvalue weighted by atomic mass is 32.2. The lowest BCUT2D eigenvalue weighted by Gasteiger charge is -2.24. The van der Waals surface area contributed by atoms with Crippen molar-refractivity contribution in [3.63, 3.8) is 0 Å². The second kappa shape index (κ2) is 6.14. The maximum atomic E-state index is 14.2. The summed E-state index contributed by atoms with van der Waals surface area (Å²) in [6.45, 7) is 0. The SMILES string of the molecule is N#CCC(=O)N=C1S[C@@H]2CS(=O)(=O)C[C@@H]2N1c1ccc(F)cc1F. The number of sulfone groups is 1. The van der Waals surface area contributed by atoms with Crippen molar-refractivity contribution >= 4 is 38.4 Å². The molecule has 0 N–H and O–H groups in total. The second-order valence-corrected chi connectivity index (χ2v) is 8.75. The highest BCUT2D eigenvalue weighted by molar-refractivity contribution is 8.16. The van der Waals surface area contributed by atoms with Crippen LogP contribution in [-0.4, -0.2) is 42.3 Å². The van der Waals surface area contributed by atoms with E-state index in [2.05, 4.69) is 4.99 Å². The number of nitriles is 1. The normalized spacial score (nSPS) is 26.4. The summed E-state index contributed by atoms with van der Waals surface area (Å²) in [5, 5.41) is 8.29. The van der Waals surface area contributed by atoms with Gasteiger partial charge in [-0.2, -0.15) is 10.3 Å². The molecule has 24 heavy (non-hydrogen) atoms. The van der Waals surface area contributed by atoms with Crippen LogP contribution in [0.3, 0.4) is 0 Å². The van der Waals surface area contributed by atoms with Crippen molar-refractivity contribution in [2.75, 3.05) is 16.4 Å². The van der Waals surface area contributed by atoms with Gasteiger partial charge in [-0.15, -0.1) is 0 Å². The molecule has 126 valence electrons. The van der Waals surface area contributed by atoms with Crippen molar-refractivity contribution in [3.05, 3.63) is 29.8 Å².